The smallest absolute Gasteiger partial charge is 0.266 e. The molecule has 19 heavy (non-hydrogen) atoms. The molecule has 2 rings (SSSR count). The van der Waals surface area contributed by atoms with Crippen LogP contribution in [0.2, 0.25) is 29.9 Å². The third kappa shape index (κ3) is 2.88. The van der Waals surface area contributed by atoms with E-state index in [4.69, 9.17) is 23.2 Å². The number of pyridine rings is 1. The summed E-state index contributed by atoms with van der Waals surface area (Å²) in [5.41, 5.74) is 0.349. The predicted molar refractivity (Wildman–Crippen MR) is 79.2 cm³/mol. The molecule has 4 nitrogen and oxygen atoms in total. The first-order chi connectivity index (χ1) is 8.80. The van der Waals surface area contributed by atoms with Crippen molar-refractivity contribution in [3.05, 3.63) is 40.7 Å². The highest BCUT2D eigenvalue weighted by Crippen LogP contribution is 2.19. The van der Waals surface area contributed by atoms with Crippen LogP contribution in [-0.4, -0.2) is 28.5 Å². The summed E-state index contributed by atoms with van der Waals surface area (Å²) in [4.78, 5) is 20.2. The second-order valence-electron chi connectivity index (χ2n) is 5.19. The highest BCUT2D eigenvalue weighted by Gasteiger charge is 2.24. The van der Waals surface area contributed by atoms with Gasteiger partial charge in [-0.3, -0.25) is 9.36 Å². The molecule has 0 fully saturated rings. The molecular formula is C12H13Cl2N3OSi. The van der Waals surface area contributed by atoms with Gasteiger partial charge in [-0.1, -0.05) is 42.8 Å². The van der Waals surface area contributed by atoms with E-state index in [2.05, 4.69) is 29.6 Å². The zero-order valence-corrected chi connectivity index (χ0v) is 13.3. The fourth-order valence-corrected chi connectivity index (χ4v) is 4.17. The molecule has 2 aromatic heterocycles. The number of carbonyl (C=O) groups is 1. The molecular weight excluding hydrogens is 301 g/mol. The summed E-state index contributed by atoms with van der Waals surface area (Å²) in [7, 11) is -1.69. The van der Waals surface area contributed by atoms with Gasteiger partial charge in [-0.05, 0) is 11.3 Å². The molecule has 7 heteroatoms. The monoisotopic (exact) mass is 313 g/mol. The van der Waals surface area contributed by atoms with Gasteiger partial charge in [0.15, 0.2) is 0 Å². The quantitative estimate of drug-likeness (QED) is 0.632. The lowest BCUT2D eigenvalue weighted by Crippen LogP contribution is -2.39. The topological polar surface area (TPSA) is 47.8 Å². The molecule has 0 aliphatic rings. The highest BCUT2D eigenvalue weighted by atomic mass is 35.5. The lowest BCUT2D eigenvalue weighted by atomic mass is 10.2. The Morgan fingerprint density at radius 1 is 1.26 bits per heavy atom. The average molecular weight is 314 g/mol. The first kappa shape index (κ1) is 14.2. The van der Waals surface area contributed by atoms with Crippen LogP contribution in [0.5, 0.6) is 0 Å². The van der Waals surface area contributed by atoms with E-state index in [1.807, 2.05) is 0 Å². The Bertz CT molecular complexity index is 621. The number of nitrogens with zero attached hydrogens (tertiary/aromatic N) is 3. The van der Waals surface area contributed by atoms with E-state index in [1.54, 1.807) is 12.3 Å². The van der Waals surface area contributed by atoms with Crippen LogP contribution in [-0.2, 0) is 0 Å². The summed E-state index contributed by atoms with van der Waals surface area (Å²) in [5.74, 6) is -0.258. The van der Waals surface area contributed by atoms with E-state index in [9.17, 15) is 4.79 Å². The minimum Gasteiger partial charge on any atom is -0.272 e. The van der Waals surface area contributed by atoms with E-state index in [-0.39, 0.29) is 11.1 Å². The molecule has 2 aromatic rings. The molecule has 0 saturated carbocycles. The van der Waals surface area contributed by atoms with Crippen molar-refractivity contribution < 1.29 is 4.79 Å². The molecule has 0 spiro atoms. The number of imidazole rings is 1. The van der Waals surface area contributed by atoms with E-state index in [1.165, 1.54) is 17.1 Å². The summed E-state index contributed by atoms with van der Waals surface area (Å²) in [5, 5.41) is 1.42. The molecule has 0 aliphatic carbocycles. The fourth-order valence-electron chi connectivity index (χ4n) is 1.66. The maximum atomic E-state index is 12.3. The van der Waals surface area contributed by atoms with Crippen molar-refractivity contribution in [3.63, 3.8) is 0 Å². The molecule has 0 unspecified atom stereocenters. The van der Waals surface area contributed by atoms with Gasteiger partial charge in [-0.2, -0.15) is 0 Å². The maximum absolute atomic E-state index is 12.3. The molecule has 0 amide bonds. The average Bonchev–Trinajstić information content (AvgIpc) is 2.79. The minimum absolute atomic E-state index is 0.116. The van der Waals surface area contributed by atoms with Crippen LogP contribution in [0.3, 0.4) is 0 Å². The zero-order valence-electron chi connectivity index (χ0n) is 10.8. The molecule has 0 atom stereocenters. The summed E-state index contributed by atoms with van der Waals surface area (Å²) in [6, 6.07) is 1.76. The minimum atomic E-state index is -1.69. The van der Waals surface area contributed by atoms with Gasteiger partial charge < -0.3 is 0 Å². The van der Waals surface area contributed by atoms with Crippen LogP contribution in [0.15, 0.2) is 24.8 Å². The van der Waals surface area contributed by atoms with Gasteiger partial charge >= 0.3 is 0 Å². The van der Waals surface area contributed by atoms with E-state index < -0.39 is 8.07 Å². The molecule has 2 heterocycles. The van der Waals surface area contributed by atoms with Crippen LogP contribution in [0.1, 0.15) is 10.4 Å². The first-order valence-corrected chi connectivity index (χ1v) is 9.95. The van der Waals surface area contributed by atoms with E-state index >= 15 is 0 Å². The number of halogens is 2. The lowest BCUT2D eigenvalue weighted by Gasteiger charge is -2.19. The molecule has 100 valence electrons. The van der Waals surface area contributed by atoms with Crippen molar-refractivity contribution in [3.8, 4) is 0 Å². The molecule has 0 aliphatic heterocycles. The Morgan fingerprint density at radius 2 is 1.95 bits per heavy atom. The Hall–Kier alpha value is -1.17. The molecule has 0 aromatic carbocycles. The van der Waals surface area contributed by atoms with Crippen LogP contribution >= 0.6 is 23.2 Å². The number of hydrogen-bond acceptors (Lipinski definition) is 3. The van der Waals surface area contributed by atoms with Gasteiger partial charge in [0.05, 0.1) is 13.6 Å². The van der Waals surface area contributed by atoms with E-state index in [0.29, 0.717) is 10.7 Å². The lowest BCUT2D eigenvalue weighted by molar-refractivity contribution is 0.0959. The number of carbonyl (C=O) groups excluding carboxylic acids is 1. The molecule has 0 N–H and O–H groups in total. The Balaban J connectivity index is 2.56. The Kier molecular flexibility index (Phi) is 3.80. The number of aromatic nitrogens is 3. The normalized spacial score (nSPS) is 11.6. The third-order valence-corrected chi connectivity index (χ3v) is 5.44. The van der Waals surface area contributed by atoms with Crippen LogP contribution in [0.25, 0.3) is 0 Å². The summed E-state index contributed by atoms with van der Waals surface area (Å²) in [6.45, 7) is 6.40. The Morgan fingerprint density at radius 3 is 2.47 bits per heavy atom. The summed E-state index contributed by atoms with van der Waals surface area (Å²) >= 11 is 12.2. The first-order valence-electron chi connectivity index (χ1n) is 5.70. The standard InChI is InChI=1S/C12H13Cl2N3OSi/c1-19(2,3)9-6-8(10(13)16-11(9)14)12(18)17-5-4-15-7-17/h4-7H,1-3H3. The van der Waals surface area contributed by atoms with Gasteiger partial charge in [-0.25, -0.2) is 9.97 Å². The van der Waals surface area contributed by atoms with Crippen molar-refractivity contribution in [2.24, 2.45) is 0 Å². The second kappa shape index (κ2) is 5.07. The second-order valence-corrected chi connectivity index (χ2v) is 10.9. The molecule has 0 radical (unpaired) electrons. The SMILES string of the molecule is C[Si](C)(C)c1cc(C(=O)n2ccnc2)c(Cl)nc1Cl. The molecule has 0 saturated heterocycles. The van der Waals surface area contributed by atoms with Gasteiger partial charge in [0.1, 0.15) is 16.6 Å². The fraction of sp³-hybridized carbons (Fsp3) is 0.250. The third-order valence-electron chi connectivity index (χ3n) is 2.71. The van der Waals surface area contributed by atoms with Crippen molar-refractivity contribution in [2.45, 2.75) is 19.6 Å². The highest BCUT2D eigenvalue weighted by molar-refractivity contribution is 6.90. The van der Waals surface area contributed by atoms with Gasteiger partial charge in [0.2, 0.25) is 0 Å². The van der Waals surface area contributed by atoms with Crippen molar-refractivity contribution in [1.82, 2.24) is 14.5 Å². The molecule has 0 bridgehead atoms. The van der Waals surface area contributed by atoms with Crippen LogP contribution in [0, 0.1) is 0 Å². The number of hydrogen-bond donors (Lipinski definition) is 0. The predicted octanol–water partition coefficient (Wildman–Crippen LogP) is 2.82. The van der Waals surface area contributed by atoms with Gasteiger partial charge in [0.25, 0.3) is 5.91 Å². The summed E-state index contributed by atoms with van der Waals surface area (Å²) < 4.78 is 1.37. The van der Waals surface area contributed by atoms with Crippen LogP contribution < -0.4 is 5.19 Å². The van der Waals surface area contributed by atoms with Crippen molar-refractivity contribution in [1.29, 1.82) is 0 Å². The summed E-state index contributed by atoms with van der Waals surface area (Å²) in [6.07, 6.45) is 4.54. The zero-order chi connectivity index (χ0) is 14.2. The van der Waals surface area contributed by atoms with Crippen molar-refractivity contribution >= 4 is 42.4 Å². The largest absolute Gasteiger partial charge is 0.272 e. The Labute approximate surface area is 122 Å². The van der Waals surface area contributed by atoms with Gasteiger partial charge in [-0.15, -0.1) is 0 Å². The van der Waals surface area contributed by atoms with Crippen molar-refractivity contribution in [2.75, 3.05) is 0 Å². The van der Waals surface area contributed by atoms with Gasteiger partial charge in [0, 0.05) is 12.4 Å². The maximum Gasteiger partial charge on any atom is 0.266 e. The van der Waals surface area contributed by atoms with Crippen LogP contribution in [0.4, 0.5) is 0 Å². The number of rotatable bonds is 2. The van der Waals surface area contributed by atoms with E-state index in [0.717, 1.165) is 5.19 Å².